The van der Waals surface area contributed by atoms with E-state index in [9.17, 15) is 4.79 Å². The lowest BCUT2D eigenvalue weighted by Gasteiger charge is -2.24. The van der Waals surface area contributed by atoms with Gasteiger partial charge in [0.25, 0.3) is 0 Å². The minimum Gasteiger partial charge on any atom is -0.497 e. The van der Waals surface area contributed by atoms with Crippen LogP contribution in [0.4, 0.5) is 4.79 Å². The molecule has 5 nitrogen and oxygen atoms in total. The van der Waals surface area contributed by atoms with Crippen LogP contribution < -0.4 is 15.2 Å². The molecule has 0 spiro atoms. The van der Waals surface area contributed by atoms with Gasteiger partial charge in [-0.05, 0) is 60.9 Å². The fraction of sp³-hybridized carbons (Fsp3) is 0.333. The molecule has 26 heavy (non-hydrogen) atoms. The number of unbranched alkanes of at least 4 members (excludes halogenated alkanes) is 1. The number of ether oxygens (including phenoxy) is 2. The number of nitrogens with zero attached hydrogens (tertiary/aromatic N) is 1. The lowest BCUT2D eigenvalue weighted by atomic mass is 9.88. The second-order valence-electron chi connectivity index (χ2n) is 6.45. The number of nitrogens with two attached hydrogens (primary N) is 1. The molecule has 0 radical (unpaired) electrons. The first-order valence-electron chi connectivity index (χ1n) is 8.93. The number of amides is 1. The van der Waals surface area contributed by atoms with Crippen molar-refractivity contribution in [3.05, 3.63) is 59.2 Å². The van der Waals surface area contributed by atoms with Gasteiger partial charge in [0.1, 0.15) is 11.5 Å². The largest absolute Gasteiger partial charge is 0.497 e. The minimum absolute atomic E-state index is 0.270. The van der Waals surface area contributed by atoms with Gasteiger partial charge in [0, 0.05) is 11.1 Å². The van der Waals surface area contributed by atoms with E-state index in [0.717, 1.165) is 48.3 Å². The van der Waals surface area contributed by atoms with Gasteiger partial charge >= 0.3 is 6.09 Å². The molecule has 136 valence electrons. The lowest BCUT2D eigenvalue weighted by molar-refractivity contribution is 0.211. The van der Waals surface area contributed by atoms with E-state index < -0.39 is 6.09 Å². The van der Waals surface area contributed by atoms with Gasteiger partial charge < -0.3 is 15.2 Å². The van der Waals surface area contributed by atoms with E-state index in [4.69, 9.17) is 20.2 Å². The van der Waals surface area contributed by atoms with Gasteiger partial charge in [-0.25, -0.2) is 4.79 Å². The van der Waals surface area contributed by atoms with E-state index in [-0.39, 0.29) is 6.04 Å². The second kappa shape index (κ2) is 8.04. The van der Waals surface area contributed by atoms with Crippen molar-refractivity contribution in [3.63, 3.8) is 0 Å². The van der Waals surface area contributed by atoms with Crippen molar-refractivity contribution < 1.29 is 14.3 Å². The summed E-state index contributed by atoms with van der Waals surface area (Å²) in [7, 11) is 1.69. The van der Waals surface area contributed by atoms with Crippen molar-refractivity contribution in [2.24, 2.45) is 10.7 Å². The van der Waals surface area contributed by atoms with Crippen LogP contribution in [0, 0.1) is 0 Å². The van der Waals surface area contributed by atoms with Crippen molar-refractivity contribution in [2.75, 3.05) is 7.11 Å². The molecule has 0 fully saturated rings. The van der Waals surface area contributed by atoms with Gasteiger partial charge in [-0.2, -0.15) is 0 Å². The van der Waals surface area contributed by atoms with Crippen LogP contribution in [0.15, 0.2) is 47.5 Å². The molecule has 1 aliphatic rings. The Morgan fingerprint density at radius 3 is 2.58 bits per heavy atom. The van der Waals surface area contributed by atoms with Crippen molar-refractivity contribution in [1.82, 2.24) is 0 Å². The number of aliphatic imine (C=N–C) groups is 1. The number of hydrogen-bond donors (Lipinski definition) is 1. The van der Waals surface area contributed by atoms with Crippen LogP contribution in [0.25, 0.3) is 0 Å². The number of rotatable bonds is 6. The number of primary amides is 1. The number of methoxy groups -OCH3 is 1. The molecule has 1 unspecified atom stereocenters. The molecule has 2 aromatic rings. The van der Waals surface area contributed by atoms with Crippen LogP contribution >= 0.6 is 0 Å². The van der Waals surface area contributed by atoms with Gasteiger partial charge in [-0.3, -0.25) is 4.99 Å². The average Bonchev–Trinajstić information content (AvgIpc) is 2.65. The van der Waals surface area contributed by atoms with E-state index in [1.807, 2.05) is 18.2 Å². The number of carbonyl (C=O) groups is 1. The van der Waals surface area contributed by atoms with Crippen molar-refractivity contribution in [3.8, 4) is 11.5 Å². The maximum atomic E-state index is 10.9. The van der Waals surface area contributed by atoms with E-state index >= 15 is 0 Å². The summed E-state index contributed by atoms with van der Waals surface area (Å²) in [5.74, 6) is 1.29. The summed E-state index contributed by atoms with van der Waals surface area (Å²) in [6.07, 6.45) is 3.50. The van der Waals surface area contributed by atoms with E-state index in [1.54, 1.807) is 19.2 Å². The summed E-state index contributed by atoms with van der Waals surface area (Å²) < 4.78 is 10.3. The molecule has 0 aromatic heterocycles. The van der Waals surface area contributed by atoms with Gasteiger partial charge in [0.05, 0.1) is 18.9 Å². The molecule has 1 heterocycles. The van der Waals surface area contributed by atoms with E-state index in [0.29, 0.717) is 5.75 Å². The highest BCUT2D eigenvalue weighted by molar-refractivity contribution is 6.14. The Bertz CT molecular complexity index is 813. The van der Waals surface area contributed by atoms with E-state index in [2.05, 4.69) is 19.1 Å². The summed E-state index contributed by atoms with van der Waals surface area (Å²) in [6.45, 7) is 2.20. The minimum atomic E-state index is -0.815. The third-order valence-corrected chi connectivity index (χ3v) is 4.57. The van der Waals surface area contributed by atoms with Crippen molar-refractivity contribution in [2.45, 2.75) is 38.6 Å². The molecule has 0 aliphatic carbocycles. The Balaban J connectivity index is 1.96. The third kappa shape index (κ3) is 4.04. The Morgan fingerprint density at radius 1 is 1.19 bits per heavy atom. The van der Waals surface area contributed by atoms with Crippen molar-refractivity contribution >= 4 is 11.8 Å². The first-order valence-corrected chi connectivity index (χ1v) is 8.93. The molecule has 1 amide bonds. The molecule has 0 saturated heterocycles. The molecule has 3 rings (SSSR count). The van der Waals surface area contributed by atoms with Crippen molar-refractivity contribution in [1.29, 1.82) is 0 Å². The highest BCUT2D eigenvalue weighted by Gasteiger charge is 2.22. The molecule has 0 bridgehead atoms. The van der Waals surface area contributed by atoms with Crippen LogP contribution in [-0.2, 0) is 6.42 Å². The summed E-state index contributed by atoms with van der Waals surface area (Å²) in [5, 5.41) is 0. The zero-order valence-electron chi connectivity index (χ0n) is 15.2. The number of hydrogen-bond acceptors (Lipinski definition) is 4. The van der Waals surface area contributed by atoms with E-state index in [1.165, 1.54) is 5.56 Å². The van der Waals surface area contributed by atoms with Crippen LogP contribution in [0.3, 0.4) is 0 Å². The molecule has 2 aromatic carbocycles. The predicted octanol–water partition coefficient (Wildman–Crippen LogP) is 4.11. The topological polar surface area (TPSA) is 73.9 Å². The monoisotopic (exact) mass is 352 g/mol. The summed E-state index contributed by atoms with van der Waals surface area (Å²) in [4.78, 5) is 15.9. The Hall–Kier alpha value is -2.82. The summed E-state index contributed by atoms with van der Waals surface area (Å²) in [6, 6.07) is 13.7. The average molecular weight is 352 g/mol. The lowest BCUT2D eigenvalue weighted by Crippen LogP contribution is -2.22. The van der Waals surface area contributed by atoms with Crippen LogP contribution in [0.2, 0.25) is 0 Å². The first kappa shape index (κ1) is 18.0. The first-order chi connectivity index (χ1) is 12.6. The smallest absolute Gasteiger partial charge is 0.409 e. The highest BCUT2D eigenvalue weighted by Crippen LogP contribution is 2.29. The molecular formula is C21H24N2O3. The van der Waals surface area contributed by atoms with Crippen LogP contribution in [0.1, 0.15) is 42.9 Å². The number of benzene rings is 2. The molecule has 1 atom stereocenters. The number of carbonyl (C=O) groups excluding carboxylic acids is 1. The van der Waals surface area contributed by atoms with Gasteiger partial charge in [-0.1, -0.05) is 19.8 Å². The second-order valence-corrected chi connectivity index (χ2v) is 6.45. The standard InChI is InChI=1S/C21H24N2O3/c1-3-4-5-16-12-15-13-18(25-2)10-11-19(15)20(23-16)14-6-8-17(9-7-14)26-21(22)24/h6-11,13,16H,3-5,12H2,1-2H3,(H2,22,24). The Morgan fingerprint density at radius 2 is 1.92 bits per heavy atom. The summed E-state index contributed by atoms with van der Waals surface area (Å²) >= 11 is 0. The zero-order valence-corrected chi connectivity index (χ0v) is 15.2. The summed E-state index contributed by atoms with van der Waals surface area (Å²) in [5.41, 5.74) is 9.42. The van der Waals surface area contributed by atoms with Gasteiger partial charge in [-0.15, -0.1) is 0 Å². The Kier molecular flexibility index (Phi) is 5.56. The number of fused-ring (bicyclic) bond motifs is 1. The normalized spacial score (nSPS) is 15.8. The highest BCUT2D eigenvalue weighted by atomic mass is 16.5. The molecule has 0 saturated carbocycles. The Labute approximate surface area is 153 Å². The fourth-order valence-electron chi connectivity index (χ4n) is 3.28. The molecule has 5 heteroatoms. The predicted molar refractivity (Wildman–Crippen MR) is 102 cm³/mol. The molecular weight excluding hydrogens is 328 g/mol. The molecule has 2 N–H and O–H groups in total. The van der Waals surface area contributed by atoms with Gasteiger partial charge in [0.15, 0.2) is 0 Å². The van der Waals surface area contributed by atoms with Gasteiger partial charge in [0.2, 0.25) is 0 Å². The SMILES string of the molecule is CCCCC1Cc2cc(OC)ccc2C(c2ccc(OC(N)=O)cc2)=N1. The maximum absolute atomic E-state index is 10.9. The third-order valence-electron chi connectivity index (χ3n) is 4.57. The zero-order chi connectivity index (χ0) is 18.5. The van der Waals surface area contributed by atoms with Crippen LogP contribution in [0.5, 0.6) is 11.5 Å². The molecule has 1 aliphatic heterocycles. The quantitative estimate of drug-likeness (QED) is 0.850. The van der Waals surface area contributed by atoms with Crippen LogP contribution in [-0.4, -0.2) is 25.0 Å². The fourth-order valence-corrected chi connectivity index (χ4v) is 3.28. The maximum Gasteiger partial charge on any atom is 0.409 e.